The molecule has 0 amide bonds. The largest absolute Gasteiger partial charge is 0.472 e. The van der Waals surface area contributed by atoms with Gasteiger partial charge in [0.1, 0.15) is 43.2 Å². The number of carbonyl (C=O) groups excluding carboxylic acids is 2. The van der Waals surface area contributed by atoms with Crippen molar-refractivity contribution in [3.05, 3.63) is 72.9 Å². The highest BCUT2D eigenvalue weighted by atomic mass is 31.2. The average molecular weight is 943 g/mol. The zero-order valence-corrected chi connectivity index (χ0v) is 39.9. The van der Waals surface area contributed by atoms with E-state index in [4.69, 9.17) is 18.5 Å². The molecule has 10 atom stereocenters. The van der Waals surface area contributed by atoms with Gasteiger partial charge in [0.25, 0.3) is 0 Å². The quantitative estimate of drug-likeness (QED) is 0.00985. The Balaban J connectivity index is 2.55. The maximum Gasteiger partial charge on any atom is 0.472 e. The fourth-order valence-corrected chi connectivity index (χ4v) is 7.82. The van der Waals surface area contributed by atoms with E-state index in [-0.39, 0.29) is 12.8 Å². The maximum atomic E-state index is 12.8. The van der Waals surface area contributed by atoms with Gasteiger partial charge in [0.15, 0.2) is 6.10 Å². The first-order chi connectivity index (χ1) is 31.2. The van der Waals surface area contributed by atoms with Crippen LogP contribution in [0, 0.1) is 0 Å². The number of phosphoric acid groups is 1. The molecule has 0 bridgehead atoms. The third-order valence-electron chi connectivity index (χ3n) is 10.7. The van der Waals surface area contributed by atoms with Gasteiger partial charge < -0.3 is 50.1 Å². The van der Waals surface area contributed by atoms with E-state index >= 15 is 0 Å². The third-order valence-corrected chi connectivity index (χ3v) is 11.7. The molecular formula is C49H83O15P. The third kappa shape index (κ3) is 31.0. The van der Waals surface area contributed by atoms with E-state index in [9.17, 15) is 54.8 Å². The Bertz CT molecular complexity index is 1450. The van der Waals surface area contributed by atoms with Crippen molar-refractivity contribution in [2.24, 2.45) is 0 Å². The molecular weight excluding hydrogens is 859 g/mol. The highest BCUT2D eigenvalue weighted by molar-refractivity contribution is 7.47. The van der Waals surface area contributed by atoms with E-state index in [0.717, 1.165) is 32.1 Å². The number of carbonyl (C=O) groups is 2. The topological polar surface area (TPSA) is 250 Å². The first kappa shape index (κ1) is 60.2. The number of phosphoric ester groups is 1. The van der Waals surface area contributed by atoms with Crippen LogP contribution < -0.4 is 0 Å². The van der Waals surface area contributed by atoms with Crippen molar-refractivity contribution in [3.8, 4) is 0 Å². The smallest absolute Gasteiger partial charge is 0.462 e. The number of aliphatic hydroxyl groups excluding tert-OH is 7. The number of allylic oxidation sites excluding steroid dienone is 8. The highest BCUT2D eigenvalue weighted by Crippen LogP contribution is 2.47. The van der Waals surface area contributed by atoms with Crippen molar-refractivity contribution in [2.45, 2.75) is 210 Å². The number of unbranched alkanes of at least 4 members (excludes halogenated alkanes) is 15. The molecule has 16 heteroatoms. The lowest BCUT2D eigenvalue weighted by Gasteiger charge is -2.41. The molecule has 15 nitrogen and oxygen atoms in total. The van der Waals surface area contributed by atoms with Gasteiger partial charge in [0, 0.05) is 12.8 Å². The van der Waals surface area contributed by atoms with Crippen molar-refractivity contribution in [1.82, 2.24) is 0 Å². The lowest BCUT2D eigenvalue weighted by molar-refractivity contribution is -0.220. The van der Waals surface area contributed by atoms with Gasteiger partial charge in [-0.1, -0.05) is 177 Å². The zero-order chi connectivity index (χ0) is 48.1. The summed E-state index contributed by atoms with van der Waals surface area (Å²) < 4.78 is 33.4. The lowest BCUT2D eigenvalue weighted by atomic mass is 9.85. The summed E-state index contributed by atoms with van der Waals surface area (Å²) in [5.74, 6) is -1.28. The Morgan fingerprint density at radius 1 is 0.585 bits per heavy atom. The summed E-state index contributed by atoms with van der Waals surface area (Å²) in [6.45, 7) is 2.95. The van der Waals surface area contributed by atoms with Crippen molar-refractivity contribution in [3.63, 3.8) is 0 Å². The number of rotatable bonds is 38. The summed E-state index contributed by atoms with van der Waals surface area (Å²) in [4.78, 5) is 35.7. The second-order valence-corrected chi connectivity index (χ2v) is 18.0. The monoisotopic (exact) mass is 943 g/mol. The minimum Gasteiger partial charge on any atom is -0.462 e. The van der Waals surface area contributed by atoms with Crippen LogP contribution in [-0.4, -0.2) is 121 Å². The standard InChI is InChI=1S/C49H83O15P/c1-3-5-7-8-9-10-11-12-13-14-15-16-20-23-29-36-43(53)63-41(38-62-65(59,60)64-49-47(57)45(55)44(54)46(56)48(49)58)37-61-42(52)35-30-24-28-34-40(51)33-27-22-19-17-18-21-26-32-39(50)31-25-6-4-2/h6,18-19,21-22,25-28,32-34,39-41,44-51,54-58H,3-5,7-17,20,23-24,29-31,35-38H2,1-2H3,(H,59,60)/b21-18-,22-19-,25-6-,32-26+,33-27+,34-28-/t39-,40-,41-,44?,45-,46+,47-,48-,49?/m1/s1. The number of aliphatic hydroxyl groups is 7. The van der Waals surface area contributed by atoms with Gasteiger partial charge in [-0.15, -0.1) is 0 Å². The number of hydrogen-bond donors (Lipinski definition) is 8. The van der Waals surface area contributed by atoms with Gasteiger partial charge in [-0.25, -0.2) is 4.57 Å². The maximum absolute atomic E-state index is 12.8. The summed E-state index contributed by atoms with van der Waals surface area (Å²) >= 11 is 0. The minimum absolute atomic E-state index is 0.0210. The second kappa shape index (κ2) is 38.2. The Hall–Kier alpha value is -2.79. The van der Waals surface area contributed by atoms with Gasteiger partial charge in [-0.2, -0.15) is 0 Å². The number of esters is 2. The van der Waals surface area contributed by atoms with Crippen LogP contribution in [-0.2, 0) is 32.7 Å². The van der Waals surface area contributed by atoms with E-state index in [0.29, 0.717) is 32.1 Å². The van der Waals surface area contributed by atoms with E-state index in [1.54, 1.807) is 36.5 Å². The molecule has 0 aromatic heterocycles. The molecule has 1 saturated carbocycles. The van der Waals surface area contributed by atoms with Crippen molar-refractivity contribution < 1.29 is 73.3 Å². The minimum atomic E-state index is -5.17. The fraction of sp³-hybridized carbons (Fsp3) is 0.714. The predicted octanol–water partition coefficient (Wildman–Crippen LogP) is 7.44. The summed E-state index contributed by atoms with van der Waals surface area (Å²) in [7, 11) is -5.17. The van der Waals surface area contributed by atoms with E-state index in [1.807, 2.05) is 43.4 Å². The summed E-state index contributed by atoms with van der Waals surface area (Å²) in [5.41, 5.74) is 0. The Morgan fingerprint density at radius 3 is 1.68 bits per heavy atom. The average Bonchev–Trinajstić information content (AvgIpc) is 3.28. The molecule has 1 aliphatic rings. The SMILES string of the molecule is CC/C=C\C[C@@H](O)/C=C/C=C\C/C=C\C=C\[C@@H](O)/C=C\CCCC(=O)OC[C@H](COP(=O)(O)OC1[C@H](O)[C@H](O)C(O)[C@H](O)[C@H]1O)OC(=O)CCCCCCCCCCCCCCCCC. The van der Waals surface area contributed by atoms with Crippen LogP contribution in [0.15, 0.2) is 72.9 Å². The Morgan fingerprint density at radius 2 is 1.11 bits per heavy atom. The molecule has 65 heavy (non-hydrogen) atoms. The van der Waals surface area contributed by atoms with Crippen LogP contribution in [0.1, 0.15) is 155 Å². The molecule has 8 N–H and O–H groups in total. The van der Waals surface area contributed by atoms with Gasteiger partial charge in [0.2, 0.25) is 0 Å². The fourth-order valence-electron chi connectivity index (χ4n) is 6.85. The van der Waals surface area contributed by atoms with Gasteiger partial charge in [-0.05, 0) is 38.5 Å². The predicted molar refractivity (Wildman–Crippen MR) is 251 cm³/mol. The molecule has 0 heterocycles. The highest BCUT2D eigenvalue weighted by Gasteiger charge is 2.51. The molecule has 1 aliphatic carbocycles. The summed E-state index contributed by atoms with van der Waals surface area (Å²) in [5, 5.41) is 70.2. The van der Waals surface area contributed by atoms with Crippen molar-refractivity contribution in [1.29, 1.82) is 0 Å². The first-order valence-corrected chi connectivity index (χ1v) is 25.5. The molecule has 1 rings (SSSR count). The Kier molecular flexibility index (Phi) is 35.4. The molecule has 0 aliphatic heterocycles. The van der Waals surface area contributed by atoms with Crippen LogP contribution in [0.25, 0.3) is 0 Å². The molecule has 0 aromatic carbocycles. The number of hydrogen-bond acceptors (Lipinski definition) is 14. The van der Waals surface area contributed by atoms with Gasteiger partial charge in [0.05, 0.1) is 18.8 Å². The van der Waals surface area contributed by atoms with Crippen LogP contribution >= 0.6 is 7.82 Å². The molecule has 0 aromatic rings. The molecule has 1 fully saturated rings. The van der Waals surface area contributed by atoms with Crippen LogP contribution in [0.5, 0.6) is 0 Å². The summed E-state index contributed by atoms with van der Waals surface area (Å²) in [6, 6.07) is 0. The molecule has 3 unspecified atom stereocenters. The van der Waals surface area contributed by atoms with Crippen LogP contribution in [0.4, 0.5) is 0 Å². The summed E-state index contributed by atoms with van der Waals surface area (Å²) in [6.07, 6.45) is 27.3. The normalized spacial score (nSPS) is 23.0. The molecule has 374 valence electrons. The van der Waals surface area contributed by atoms with Gasteiger partial charge >= 0.3 is 19.8 Å². The molecule has 0 spiro atoms. The Labute approximate surface area is 388 Å². The van der Waals surface area contributed by atoms with Crippen molar-refractivity contribution >= 4 is 19.8 Å². The van der Waals surface area contributed by atoms with Crippen molar-refractivity contribution in [2.75, 3.05) is 13.2 Å². The molecule has 0 radical (unpaired) electrons. The van der Waals surface area contributed by atoms with E-state index < -0.39 is 87.9 Å². The first-order valence-electron chi connectivity index (χ1n) is 24.0. The van der Waals surface area contributed by atoms with E-state index in [2.05, 4.69) is 6.92 Å². The second-order valence-electron chi connectivity index (χ2n) is 16.6. The van der Waals surface area contributed by atoms with Gasteiger partial charge in [-0.3, -0.25) is 18.6 Å². The van der Waals surface area contributed by atoms with Crippen LogP contribution in [0.2, 0.25) is 0 Å². The molecule has 0 saturated heterocycles. The zero-order valence-electron chi connectivity index (χ0n) is 39.0. The lowest BCUT2D eigenvalue weighted by Crippen LogP contribution is -2.64. The van der Waals surface area contributed by atoms with E-state index in [1.165, 1.54) is 64.2 Å². The number of ether oxygens (including phenoxy) is 2. The van der Waals surface area contributed by atoms with Crippen LogP contribution in [0.3, 0.4) is 0 Å².